The normalized spacial score (nSPS) is 11.3. The summed E-state index contributed by atoms with van der Waals surface area (Å²) in [5.41, 5.74) is -0.916. The molecular weight excluding hydrogens is 1310 g/mol. The molecule has 0 bridgehead atoms. The molecule has 0 heterocycles. The van der Waals surface area contributed by atoms with Gasteiger partial charge in [-0.2, -0.15) is 0 Å². The van der Waals surface area contributed by atoms with E-state index in [9.17, 15) is 59.1 Å². The monoisotopic (exact) mass is 1360 g/mol. The van der Waals surface area contributed by atoms with Crippen molar-refractivity contribution < 1.29 is 86.2 Å². The Hall–Kier alpha value is -9.30. The number of esters is 6. The van der Waals surface area contributed by atoms with Crippen molar-refractivity contribution in [2.75, 3.05) is 39.6 Å². The van der Waals surface area contributed by atoms with E-state index in [1.54, 1.807) is 20.8 Å². The van der Waals surface area contributed by atoms with Gasteiger partial charge in [-0.25, -0.2) is 28.8 Å². The van der Waals surface area contributed by atoms with Gasteiger partial charge in [-0.05, 0) is 99.1 Å². The van der Waals surface area contributed by atoms with Crippen LogP contribution in [0.15, 0.2) is 164 Å². The van der Waals surface area contributed by atoms with Crippen LogP contribution in [0, 0.1) is 30.3 Å². The van der Waals surface area contributed by atoms with E-state index in [4.69, 9.17) is 112 Å². The first-order valence-electron chi connectivity index (χ1n) is 25.8. The van der Waals surface area contributed by atoms with E-state index < -0.39 is 88.7 Å². The maximum absolute atomic E-state index is 12.4. The first kappa shape index (κ1) is 73.2. The molecular formula is C60H51Cl6N3O21. The number of hydrogen-bond donors (Lipinski definition) is 0. The van der Waals surface area contributed by atoms with E-state index in [0.29, 0.717) is 20.6 Å². The van der Waals surface area contributed by atoms with Crippen LogP contribution in [0.2, 0.25) is 30.1 Å². The molecule has 3 unspecified atom stereocenters. The Kier molecular flexibility index (Phi) is 29.5. The quantitative estimate of drug-likeness (QED) is 0.0152. The molecule has 0 N–H and O–H groups in total. The zero-order valence-corrected chi connectivity index (χ0v) is 51.9. The number of halogens is 6. The fourth-order valence-corrected chi connectivity index (χ4v) is 8.52. The van der Waals surface area contributed by atoms with E-state index in [1.165, 1.54) is 127 Å². The molecule has 0 aromatic heterocycles. The van der Waals surface area contributed by atoms with Crippen LogP contribution in [0.1, 0.15) is 55.8 Å². The van der Waals surface area contributed by atoms with Gasteiger partial charge in [-0.15, -0.1) is 0 Å². The lowest BCUT2D eigenvalue weighted by Gasteiger charge is -2.20. The molecule has 6 aromatic carbocycles. The van der Waals surface area contributed by atoms with Gasteiger partial charge in [-0.1, -0.05) is 114 Å². The summed E-state index contributed by atoms with van der Waals surface area (Å²) in [7, 11) is 0. The van der Waals surface area contributed by atoms with Crippen LogP contribution in [-0.2, 0) is 57.2 Å². The van der Waals surface area contributed by atoms with Crippen LogP contribution in [-0.4, -0.2) is 90.2 Å². The first-order valence-corrected chi connectivity index (χ1v) is 28.1. The second kappa shape index (κ2) is 36.2. The van der Waals surface area contributed by atoms with Crippen molar-refractivity contribution in [3.63, 3.8) is 0 Å². The number of nitro groups is 3. The molecule has 30 heteroatoms. The highest BCUT2D eigenvalue weighted by Gasteiger charge is 2.33. The standard InChI is InChI=1S/3C20H17Cl2NO7/c1-3-28-20(25)12(2)19(13-4-7-15(8-5-13)23(26)27)30-18(24)11-29-17-9-6-14(21)10-16(17)22;1-3-28-20(25)12(2)19(13-5-4-6-15(9-13)23(26)27)30-18(24)11-29-17-8-7-14(21)10-16(17)22;1-3-28-20(25)12(2)19(14-6-4-5-7-16(14)23(26)27)30-18(24)11-29-17-9-8-13(21)10-15(17)22/h3*4-10,19H,2-3,11H2,1H3. The van der Waals surface area contributed by atoms with E-state index >= 15 is 0 Å². The Morgan fingerprint density at radius 2 is 0.789 bits per heavy atom. The molecule has 0 aliphatic heterocycles. The molecule has 0 aliphatic carbocycles. The highest BCUT2D eigenvalue weighted by Crippen LogP contribution is 2.36. The van der Waals surface area contributed by atoms with Crippen LogP contribution in [0.3, 0.4) is 0 Å². The fraction of sp³-hybridized carbons (Fsp3) is 0.200. The van der Waals surface area contributed by atoms with Crippen molar-refractivity contribution in [1.82, 2.24) is 0 Å². The van der Waals surface area contributed by atoms with Gasteiger partial charge in [0.05, 0.1) is 71.9 Å². The zero-order chi connectivity index (χ0) is 66.8. The maximum Gasteiger partial charge on any atom is 0.345 e. The lowest BCUT2D eigenvalue weighted by atomic mass is 10.0. The van der Waals surface area contributed by atoms with Crippen molar-refractivity contribution in [1.29, 1.82) is 0 Å². The van der Waals surface area contributed by atoms with Crippen molar-refractivity contribution in [2.24, 2.45) is 0 Å². The average Bonchev–Trinajstić information content (AvgIpc) is 0.963. The number of benzene rings is 6. The first-order chi connectivity index (χ1) is 42.7. The molecule has 474 valence electrons. The van der Waals surface area contributed by atoms with Gasteiger partial charge in [0.1, 0.15) is 17.2 Å². The SMILES string of the molecule is C=C(C(=O)OCC)C(OC(=O)COc1ccc(Cl)cc1Cl)c1ccc([N+](=O)[O-])cc1.C=C(C(=O)OCC)C(OC(=O)COc1ccc(Cl)cc1Cl)c1cccc([N+](=O)[O-])c1.C=C(C(=O)OCC)C(OC(=O)COc1ccc(Cl)cc1Cl)c1ccccc1[N+](=O)[O-]. The van der Waals surface area contributed by atoms with Crippen molar-refractivity contribution in [3.05, 3.63) is 241 Å². The smallest absolute Gasteiger partial charge is 0.345 e. The third-order valence-corrected chi connectivity index (χ3v) is 12.8. The Labute approximate surface area is 542 Å². The Morgan fingerprint density at radius 1 is 0.422 bits per heavy atom. The molecule has 0 saturated carbocycles. The van der Waals surface area contributed by atoms with Gasteiger partial charge < -0.3 is 42.6 Å². The minimum Gasteiger partial charge on any atom is -0.480 e. The Bertz CT molecular complexity index is 3660. The summed E-state index contributed by atoms with van der Waals surface area (Å²) in [6.45, 7) is 14.2. The largest absolute Gasteiger partial charge is 0.480 e. The van der Waals surface area contributed by atoms with Gasteiger partial charge in [0, 0.05) is 51.0 Å². The number of carbonyl (C=O) groups is 6. The van der Waals surface area contributed by atoms with E-state index in [2.05, 4.69) is 19.7 Å². The van der Waals surface area contributed by atoms with Crippen molar-refractivity contribution >= 4 is 122 Å². The fourth-order valence-electron chi connectivity index (χ4n) is 7.13. The summed E-state index contributed by atoms with van der Waals surface area (Å²) in [5.74, 6) is -4.41. The lowest BCUT2D eigenvalue weighted by molar-refractivity contribution is -0.386. The molecule has 6 rings (SSSR count). The Balaban J connectivity index is 0.000000288. The van der Waals surface area contributed by atoms with Crippen molar-refractivity contribution in [3.8, 4) is 17.2 Å². The summed E-state index contributed by atoms with van der Waals surface area (Å²) >= 11 is 35.4. The van der Waals surface area contributed by atoms with Gasteiger partial charge in [-0.3, -0.25) is 30.3 Å². The number of ether oxygens (including phenoxy) is 9. The van der Waals surface area contributed by atoms with Crippen LogP contribution in [0.4, 0.5) is 17.1 Å². The van der Waals surface area contributed by atoms with Gasteiger partial charge >= 0.3 is 35.8 Å². The van der Waals surface area contributed by atoms with E-state index in [0.717, 1.165) is 0 Å². The summed E-state index contributed by atoms with van der Waals surface area (Å²) in [4.78, 5) is 105. The highest BCUT2D eigenvalue weighted by atomic mass is 35.5. The molecule has 6 aromatic rings. The van der Waals surface area contributed by atoms with E-state index in [-0.39, 0.29) is 97.0 Å². The van der Waals surface area contributed by atoms with Gasteiger partial charge in [0.15, 0.2) is 38.1 Å². The van der Waals surface area contributed by atoms with Gasteiger partial charge in [0.2, 0.25) is 0 Å². The predicted octanol–water partition coefficient (Wildman–Crippen LogP) is 14.1. The molecule has 0 fully saturated rings. The number of nitrogens with zero attached hydrogens (tertiary/aromatic N) is 3. The Morgan fingerprint density at radius 3 is 1.16 bits per heavy atom. The number of non-ortho nitro benzene ring substituents is 2. The number of para-hydroxylation sites is 1. The summed E-state index contributed by atoms with van der Waals surface area (Å²) in [6.07, 6.45) is -3.97. The van der Waals surface area contributed by atoms with Gasteiger partial charge in [0.25, 0.3) is 17.1 Å². The summed E-state index contributed by atoms with van der Waals surface area (Å²) in [5, 5.41) is 35.1. The zero-order valence-electron chi connectivity index (χ0n) is 47.4. The van der Waals surface area contributed by atoms with Crippen LogP contribution in [0.5, 0.6) is 17.2 Å². The predicted molar refractivity (Wildman–Crippen MR) is 329 cm³/mol. The maximum atomic E-state index is 12.4. The molecule has 0 saturated heterocycles. The molecule has 0 spiro atoms. The van der Waals surface area contributed by atoms with Crippen LogP contribution in [0.25, 0.3) is 0 Å². The molecule has 0 amide bonds. The lowest BCUT2D eigenvalue weighted by Crippen LogP contribution is -2.23. The average molecular weight is 1360 g/mol. The summed E-state index contributed by atoms with van der Waals surface area (Å²) < 4.78 is 46.6. The number of hydrogen-bond acceptors (Lipinski definition) is 21. The molecule has 3 atom stereocenters. The van der Waals surface area contributed by atoms with E-state index in [1.807, 2.05) is 0 Å². The molecule has 90 heavy (non-hydrogen) atoms. The number of carbonyl (C=O) groups excluding carboxylic acids is 6. The second-order valence-electron chi connectivity index (χ2n) is 17.5. The number of rotatable bonds is 27. The highest BCUT2D eigenvalue weighted by molar-refractivity contribution is 6.36. The van der Waals surface area contributed by atoms with Crippen LogP contribution < -0.4 is 14.2 Å². The second-order valence-corrected chi connectivity index (χ2v) is 20.0. The summed E-state index contributed by atoms with van der Waals surface area (Å²) in [6, 6.07) is 29.3. The molecule has 0 radical (unpaired) electrons. The minimum absolute atomic E-state index is 0.0292. The van der Waals surface area contributed by atoms with Crippen LogP contribution >= 0.6 is 69.6 Å². The van der Waals surface area contributed by atoms with Crippen molar-refractivity contribution in [2.45, 2.75) is 39.1 Å². The molecule has 0 aliphatic rings. The third-order valence-electron chi connectivity index (χ3n) is 11.2. The topological polar surface area (TPSA) is 315 Å². The number of nitro benzene ring substituents is 3. The minimum atomic E-state index is -1.44. The molecule has 24 nitrogen and oxygen atoms in total. The third kappa shape index (κ3) is 22.7.